The molecule has 0 radical (unpaired) electrons. The number of carbonyl (C=O) groups is 1. The second kappa shape index (κ2) is 9.14. The van der Waals surface area contributed by atoms with E-state index in [4.69, 9.17) is 5.73 Å². The van der Waals surface area contributed by atoms with Crippen LogP contribution in [-0.2, 0) is 0 Å². The molecule has 6 heteroatoms. The van der Waals surface area contributed by atoms with E-state index in [9.17, 15) is 9.18 Å². The van der Waals surface area contributed by atoms with Crippen molar-refractivity contribution in [2.24, 2.45) is 10.7 Å². The second-order valence-corrected chi connectivity index (χ2v) is 4.43. The Kier molecular flexibility index (Phi) is 7.42. The molecule has 5 nitrogen and oxygen atoms in total. The average molecular weight is 280 g/mol. The van der Waals surface area contributed by atoms with E-state index in [0.29, 0.717) is 12.3 Å². The van der Waals surface area contributed by atoms with Crippen LogP contribution in [0.2, 0.25) is 0 Å². The molecule has 0 fully saturated rings. The fraction of sp³-hybridized carbons (Fsp3) is 0.500. The highest BCUT2D eigenvalue weighted by atomic mass is 19.1. The molecule has 20 heavy (non-hydrogen) atoms. The van der Waals surface area contributed by atoms with E-state index < -0.39 is 11.7 Å². The van der Waals surface area contributed by atoms with Gasteiger partial charge in [-0.1, -0.05) is 13.3 Å². The number of carbonyl (C=O) groups excluding carboxylic acids is 1. The molecule has 0 aromatic carbocycles. The number of amides is 1. The third kappa shape index (κ3) is 6.38. The summed E-state index contributed by atoms with van der Waals surface area (Å²) < 4.78 is 12.7. The Labute approximate surface area is 118 Å². The standard InChI is InChI=1S/C14H21FN4O/c1-2-17-9-5-3-4-6-13(16)19-14(20)12-8-7-11(15)10-18-12/h7-8,10,17H,2-6,9H2,1H3,(H2,16,19,20). The number of aromatic nitrogens is 1. The summed E-state index contributed by atoms with van der Waals surface area (Å²) in [5, 5.41) is 3.24. The van der Waals surface area contributed by atoms with Crippen molar-refractivity contribution < 1.29 is 9.18 Å². The number of hydrogen-bond donors (Lipinski definition) is 2. The molecular weight excluding hydrogens is 259 g/mol. The van der Waals surface area contributed by atoms with E-state index in [1.807, 2.05) is 0 Å². The molecule has 0 aliphatic carbocycles. The topological polar surface area (TPSA) is 80.4 Å². The molecule has 0 atom stereocenters. The summed E-state index contributed by atoms with van der Waals surface area (Å²) in [4.78, 5) is 19.1. The number of unbranched alkanes of at least 4 members (excludes halogenated alkanes) is 2. The van der Waals surface area contributed by atoms with Crippen molar-refractivity contribution in [3.05, 3.63) is 29.8 Å². The van der Waals surface area contributed by atoms with Crippen LogP contribution in [0.4, 0.5) is 4.39 Å². The largest absolute Gasteiger partial charge is 0.387 e. The van der Waals surface area contributed by atoms with Gasteiger partial charge < -0.3 is 11.1 Å². The molecule has 0 aliphatic rings. The van der Waals surface area contributed by atoms with Crippen LogP contribution in [0.3, 0.4) is 0 Å². The van der Waals surface area contributed by atoms with Crippen LogP contribution in [0.5, 0.6) is 0 Å². The van der Waals surface area contributed by atoms with Crippen molar-refractivity contribution in [2.45, 2.75) is 32.6 Å². The third-order valence-electron chi connectivity index (χ3n) is 2.73. The lowest BCUT2D eigenvalue weighted by Gasteiger charge is -2.02. The van der Waals surface area contributed by atoms with Gasteiger partial charge in [0, 0.05) is 6.42 Å². The van der Waals surface area contributed by atoms with E-state index in [1.165, 1.54) is 12.1 Å². The zero-order valence-corrected chi connectivity index (χ0v) is 11.7. The number of amidine groups is 1. The maximum absolute atomic E-state index is 12.7. The fourth-order valence-corrected chi connectivity index (χ4v) is 1.66. The number of pyridine rings is 1. The van der Waals surface area contributed by atoms with E-state index in [0.717, 1.165) is 38.5 Å². The zero-order valence-electron chi connectivity index (χ0n) is 11.7. The quantitative estimate of drug-likeness (QED) is 0.433. The van der Waals surface area contributed by atoms with Crippen LogP contribution in [0.1, 0.15) is 43.1 Å². The summed E-state index contributed by atoms with van der Waals surface area (Å²) in [6.07, 6.45) is 4.57. The predicted octanol–water partition coefficient (Wildman–Crippen LogP) is 1.89. The van der Waals surface area contributed by atoms with Crippen LogP contribution in [-0.4, -0.2) is 29.8 Å². The maximum Gasteiger partial charge on any atom is 0.297 e. The summed E-state index contributed by atoms with van der Waals surface area (Å²) in [6.45, 7) is 4.04. The Morgan fingerprint density at radius 3 is 2.85 bits per heavy atom. The van der Waals surface area contributed by atoms with Gasteiger partial charge >= 0.3 is 0 Å². The normalized spacial score (nSPS) is 11.6. The molecule has 1 aromatic rings. The number of nitrogens with one attached hydrogen (secondary N) is 1. The minimum Gasteiger partial charge on any atom is -0.387 e. The first kappa shape index (κ1) is 16.2. The fourth-order valence-electron chi connectivity index (χ4n) is 1.66. The number of nitrogens with zero attached hydrogens (tertiary/aromatic N) is 2. The molecule has 0 saturated carbocycles. The van der Waals surface area contributed by atoms with Gasteiger partial charge in [0.05, 0.1) is 6.20 Å². The number of halogens is 1. The van der Waals surface area contributed by atoms with Crippen LogP contribution < -0.4 is 11.1 Å². The van der Waals surface area contributed by atoms with Crippen molar-refractivity contribution in [1.29, 1.82) is 0 Å². The van der Waals surface area contributed by atoms with Gasteiger partial charge in [-0.05, 0) is 38.1 Å². The predicted molar refractivity (Wildman–Crippen MR) is 77.2 cm³/mol. The minimum atomic E-state index is -0.532. The minimum absolute atomic E-state index is 0.0986. The van der Waals surface area contributed by atoms with Gasteiger partial charge in [0.2, 0.25) is 0 Å². The van der Waals surface area contributed by atoms with Gasteiger partial charge in [0.15, 0.2) is 0 Å². The molecule has 0 spiro atoms. The number of rotatable bonds is 8. The van der Waals surface area contributed by atoms with E-state index in [1.54, 1.807) is 0 Å². The summed E-state index contributed by atoms with van der Waals surface area (Å²) in [7, 11) is 0. The van der Waals surface area contributed by atoms with Crippen LogP contribution in [0.15, 0.2) is 23.3 Å². The first-order chi connectivity index (χ1) is 9.63. The van der Waals surface area contributed by atoms with E-state index >= 15 is 0 Å². The lowest BCUT2D eigenvalue weighted by atomic mass is 10.2. The van der Waals surface area contributed by atoms with Gasteiger partial charge in [-0.15, -0.1) is 0 Å². The molecule has 1 heterocycles. The number of hydrogen-bond acceptors (Lipinski definition) is 3. The second-order valence-electron chi connectivity index (χ2n) is 4.43. The first-order valence-corrected chi connectivity index (χ1v) is 6.83. The third-order valence-corrected chi connectivity index (χ3v) is 2.73. The maximum atomic E-state index is 12.7. The molecule has 0 bridgehead atoms. The Hall–Kier alpha value is -1.82. The van der Waals surface area contributed by atoms with Gasteiger partial charge in [-0.25, -0.2) is 9.37 Å². The Bertz CT molecular complexity index is 445. The number of aliphatic imine (C=N–C) groups is 1. The molecule has 0 aliphatic heterocycles. The summed E-state index contributed by atoms with van der Waals surface area (Å²) in [5.41, 5.74) is 5.79. The van der Waals surface area contributed by atoms with Crippen LogP contribution in [0, 0.1) is 5.82 Å². The van der Waals surface area contributed by atoms with Gasteiger partial charge in [-0.2, -0.15) is 4.99 Å². The highest BCUT2D eigenvalue weighted by Crippen LogP contribution is 2.03. The van der Waals surface area contributed by atoms with Crippen molar-refractivity contribution in [3.63, 3.8) is 0 Å². The molecule has 1 amide bonds. The smallest absolute Gasteiger partial charge is 0.297 e. The van der Waals surface area contributed by atoms with Crippen molar-refractivity contribution >= 4 is 11.7 Å². The van der Waals surface area contributed by atoms with Crippen molar-refractivity contribution in [1.82, 2.24) is 10.3 Å². The molecule has 0 unspecified atom stereocenters. The van der Waals surface area contributed by atoms with Gasteiger partial charge in [0.25, 0.3) is 5.91 Å². The number of nitrogens with two attached hydrogens (primary N) is 1. The highest BCUT2D eigenvalue weighted by molar-refractivity contribution is 6.01. The van der Waals surface area contributed by atoms with Crippen LogP contribution in [0.25, 0.3) is 0 Å². The zero-order chi connectivity index (χ0) is 14.8. The average Bonchev–Trinajstić information content (AvgIpc) is 2.43. The Balaban J connectivity index is 2.33. The van der Waals surface area contributed by atoms with E-state index in [2.05, 4.69) is 22.2 Å². The van der Waals surface area contributed by atoms with Crippen molar-refractivity contribution in [3.8, 4) is 0 Å². The highest BCUT2D eigenvalue weighted by Gasteiger charge is 2.06. The molecular formula is C14H21FN4O. The SMILES string of the molecule is CCNCCCCCC(N)=NC(=O)c1ccc(F)cn1. The lowest BCUT2D eigenvalue weighted by molar-refractivity contribution is 0.0997. The lowest BCUT2D eigenvalue weighted by Crippen LogP contribution is -2.16. The first-order valence-electron chi connectivity index (χ1n) is 6.83. The summed E-state index contributed by atoms with van der Waals surface area (Å²) in [5.74, 6) is -0.723. The van der Waals surface area contributed by atoms with Gasteiger partial charge in [-0.3, -0.25) is 4.79 Å². The molecule has 1 aromatic heterocycles. The van der Waals surface area contributed by atoms with E-state index in [-0.39, 0.29) is 5.69 Å². The van der Waals surface area contributed by atoms with Crippen molar-refractivity contribution in [2.75, 3.05) is 13.1 Å². The summed E-state index contributed by atoms with van der Waals surface area (Å²) >= 11 is 0. The van der Waals surface area contributed by atoms with Crippen LogP contribution >= 0.6 is 0 Å². The monoisotopic (exact) mass is 280 g/mol. The molecule has 1 rings (SSSR count). The summed E-state index contributed by atoms with van der Waals surface area (Å²) in [6, 6.07) is 2.47. The molecule has 0 saturated heterocycles. The Morgan fingerprint density at radius 2 is 2.20 bits per heavy atom. The van der Waals surface area contributed by atoms with Gasteiger partial charge in [0.1, 0.15) is 17.3 Å². The molecule has 110 valence electrons. The Morgan fingerprint density at radius 1 is 1.40 bits per heavy atom. The molecule has 3 N–H and O–H groups in total.